The molecule has 0 aliphatic carbocycles. The second kappa shape index (κ2) is 5.22. The number of para-hydroxylation sites is 1. The third-order valence-corrected chi connectivity index (χ3v) is 3.13. The normalized spacial score (nSPS) is 11.8. The molecule has 1 heterocycles. The van der Waals surface area contributed by atoms with E-state index >= 15 is 0 Å². The van der Waals surface area contributed by atoms with Gasteiger partial charge in [-0.25, -0.2) is 4.98 Å². The Morgan fingerprint density at radius 1 is 1.10 bits per heavy atom. The number of aromatic nitrogens is 2. The van der Waals surface area contributed by atoms with Crippen molar-refractivity contribution >= 4 is 11.0 Å². The summed E-state index contributed by atoms with van der Waals surface area (Å²) in [6.45, 7) is 4.05. The van der Waals surface area contributed by atoms with Crippen LogP contribution >= 0.6 is 0 Å². The molecule has 0 unspecified atom stereocenters. The molecule has 0 amide bonds. The standard InChI is InChI=1S/C17H18N2O2/c1-17(2,20)11-19-12-18-15-9-8-14(10-16(15)19)21-13-6-4-3-5-7-13/h3-10,12,20H,11H2,1-2H3. The van der Waals surface area contributed by atoms with Gasteiger partial charge in [0.15, 0.2) is 0 Å². The van der Waals surface area contributed by atoms with E-state index in [1.165, 1.54) is 0 Å². The summed E-state index contributed by atoms with van der Waals surface area (Å²) in [5.41, 5.74) is 1.05. The van der Waals surface area contributed by atoms with E-state index in [9.17, 15) is 5.11 Å². The van der Waals surface area contributed by atoms with Crippen LogP contribution < -0.4 is 4.74 Å². The molecule has 0 radical (unpaired) electrons. The lowest BCUT2D eigenvalue weighted by molar-refractivity contribution is 0.0626. The first-order chi connectivity index (χ1) is 10.0. The predicted molar refractivity (Wildman–Crippen MR) is 82.5 cm³/mol. The van der Waals surface area contributed by atoms with Crippen molar-refractivity contribution in [2.45, 2.75) is 26.0 Å². The van der Waals surface area contributed by atoms with Gasteiger partial charge in [0.2, 0.25) is 0 Å². The Morgan fingerprint density at radius 2 is 1.86 bits per heavy atom. The number of fused-ring (bicyclic) bond motifs is 1. The highest BCUT2D eigenvalue weighted by Gasteiger charge is 2.15. The average molecular weight is 282 g/mol. The number of hydrogen-bond acceptors (Lipinski definition) is 3. The number of ether oxygens (including phenoxy) is 1. The van der Waals surface area contributed by atoms with E-state index in [1.807, 2.05) is 53.1 Å². The van der Waals surface area contributed by atoms with Crippen LogP contribution in [0.25, 0.3) is 11.0 Å². The molecule has 21 heavy (non-hydrogen) atoms. The fourth-order valence-electron chi connectivity index (χ4n) is 2.27. The molecule has 0 atom stereocenters. The summed E-state index contributed by atoms with van der Waals surface area (Å²) in [6.07, 6.45) is 1.74. The lowest BCUT2D eigenvalue weighted by atomic mass is 10.1. The minimum Gasteiger partial charge on any atom is -0.457 e. The Morgan fingerprint density at radius 3 is 2.57 bits per heavy atom. The number of imidazole rings is 1. The van der Waals surface area contributed by atoms with Crippen LogP contribution in [0.3, 0.4) is 0 Å². The third-order valence-electron chi connectivity index (χ3n) is 3.13. The molecule has 0 aliphatic heterocycles. The number of benzene rings is 2. The Hall–Kier alpha value is -2.33. The maximum absolute atomic E-state index is 9.97. The first-order valence-electron chi connectivity index (χ1n) is 6.91. The van der Waals surface area contributed by atoms with E-state index in [2.05, 4.69) is 4.98 Å². The first kappa shape index (κ1) is 13.6. The lowest BCUT2D eigenvalue weighted by Crippen LogP contribution is -2.25. The van der Waals surface area contributed by atoms with Gasteiger partial charge in [0.05, 0.1) is 29.5 Å². The summed E-state index contributed by atoms with van der Waals surface area (Å²) in [5.74, 6) is 1.55. The van der Waals surface area contributed by atoms with Gasteiger partial charge in [-0.1, -0.05) is 18.2 Å². The topological polar surface area (TPSA) is 47.3 Å². The average Bonchev–Trinajstić information content (AvgIpc) is 2.81. The predicted octanol–water partition coefficient (Wildman–Crippen LogP) is 3.60. The summed E-state index contributed by atoms with van der Waals surface area (Å²) < 4.78 is 7.78. The second-order valence-electron chi connectivity index (χ2n) is 5.75. The summed E-state index contributed by atoms with van der Waals surface area (Å²) >= 11 is 0. The van der Waals surface area contributed by atoms with E-state index in [0.717, 1.165) is 22.5 Å². The SMILES string of the molecule is CC(C)(O)Cn1cnc2ccc(Oc3ccccc3)cc21. The summed E-state index contributed by atoms with van der Waals surface area (Å²) in [7, 11) is 0. The van der Waals surface area contributed by atoms with E-state index < -0.39 is 5.60 Å². The zero-order valence-corrected chi connectivity index (χ0v) is 12.2. The van der Waals surface area contributed by atoms with Gasteiger partial charge in [0.1, 0.15) is 11.5 Å². The summed E-state index contributed by atoms with van der Waals surface area (Å²) in [6, 6.07) is 15.4. The minimum absolute atomic E-state index is 0.484. The van der Waals surface area contributed by atoms with Crippen molar-refractivity contribution in [1.82, 2.24) is 9.55 Å². The molecule has 2 aromatic carbocycles. The largest absolute Gasteiger partial charge is 0.457 e. The molecule has 0 fully saturated rings. The van der Waals surface area contributed by atoms with Gasteiger partial charge in [0.25, 0.3) is 0 Å². The number of nitrogens with zero attached hydrogens (tertiary/aromatic N) is 2. The van der Waals surface area contributed by atoms with Gasteiger partial charge in [-0.2, -0.15) is 0 Å². The van der Waals surface area contributed by atoms with Crippen LogP contribution in [0.5, 0.6) is 11.5 Å². The van der Waals surface area contributed by atoms with E-state index in [0.29, 0.717) is 6.54 Å². The van der Waals surface area contributed by atoms with Crippen LogP contribution in [0, 0.1) is 0 Å². The number of rotatable bonds is 4. The molecule has 0 bridgehead atoms. The van der Waals surface area contributed by atoms with Gasteiger partial charge in [-0.05, 0) is 38.1 Å². The molecule has 0 aliphatic rings. The van der Waals surface area contributed by atoms with Gasteiger partial charge < -0.3 is 14.4 Å². The minimum atomic E-state index is -0.788. The van der Waals surface area contributed by atoms with Crippen LogP contribution in [0.1, 0.15) is 13.8 Å². The highest BCUT2D eigenvalue weighted by molar-refractivity contribution is 5.77. The molecule has 4 heteroatoms. The van der Waals surface area contributed by atoms with Crippen molar-refractivity contribution in [3.05, 3.63) is 54.9 Å². The zero-order chi connectivity index (χ0) is 14.9. The summed E-state index contributed by atoms with van der Waals surface area (Å²) in [5, 5.41) is 9.97. The fraction of sp³-hybridized carbons (Fsp3) is 0.235. The fourth-order valence-corrected chi connectivity index (χ4v) is 2.27. The van der Waals surface area contributed by atoms with Gasteiger partial charge in [-0.3, -0.25) is 0 Å². The Kier molecular flexibility index (Phi) is 3.39. The zero-order valence-electron chi connectivity index (χ0n) is 12.2. The Labute approximate surface area is 123 Å². The molecular weight excluding hydrogens is 264 g/mol. The molecular formula is C17H18N2O2. The Bertz CT molecular complexity index is 742. The number of aliphatic hydroxyl groups is 1. The van der Waals surface area contributed by atoms with Crippen molar-refractivity contribution in [2.75, 3.05) is 0 Å². The van der Waals surface area contributed by atoms with Crippen LogP contribution in [-0.4, -0.2) is 20.3 Å². The van der Waals surface area contributed by atoms with Crippen molar-refractivity contribution in [2.24, 2.45) is 0 Å². The quantitative estimate of drug-likeness (QED) is 0.795. The molecule has 0 saturated carbocycles. The monoisotopic (exact) mass is 282 g/mol. The second-order valence-corrected chi connectivity index (χ2v) is 5.75. The smallest absolute Gasteiger partial charge is 0.129 e. The van der Waals surface area contributed by atoms with Crippen molar-refractivity contribution in [3.8, 4) is 11.5 Å². The van der Waals surface area contributed by atoms with Crippen molar-refractivity contribution in [1.29, 1.82) is 0 Å². The molecule has 0 spiro atoms. The molecule has 4 nitrogen and oxygen atoms in total. The molecule has 108 valence electrons. The van der Waals surface area contributed by atoms with Crippen molar-refractivity contribution in [3.63, 3.8) is 0 Å². The van der Waals surface area contributed by atoms with Crippen LogP contribution in [0.4, 0.5) is 0 Å². The molecule has 3 aromatic rings. The highest BCUT2D eigenvalue weighted by Crippen LogP contribution is 2.25. The highest BCUT2D eigenvalue weighted by atomic mass is 16.5. The van der Waals surface area contributed by atoms with Crippen molar-refractivity contribution < 1.29 is 9.84 Å². The van der Waals surface area contributed by atoms with Crippen LogP contribution in [0.2, 0.25) is 0 Å². The molecule has 3 rings (SSSR count). The molecule has 1 aromatic heterocycles. The Balaban J connectivity index is 1.93. The van der Waals surface area contributed by atoms with Gasteiger partial charge in [0, 0.05) is 6.07 Å². The maximum Gasteiger partial charge on any atom is 0.129 e. The molecule has 1 N–H and O–H groups in total. The van der Waals surface area contributed by atoms with Crippen LogP contribution in [-0.2, 0) is 6.54 Å². The summed E-state index contributed by atoms with van der Waals surface area (Å²) in [4.78, 5) is 4.35. The first-order valence-corrected chi connectivity index (χ1v) is 6.91. The van der Waals surface area contributed by atoms with Gasteiger partial charge >= 0.3 is 0 Å². The maximum atomic E-state index is 9.97. The molecule has 0 saturated heterocycles. The third kappa shape index (κ3) is 3.23. The van der Waals surface area contributed by atoms with Crippen LogP contribution in [0.15, 0.2) is 54.9 Å². The van der Waals surface area contributed by atoms with Gasteiger partial charge in [-0.15, -0.1) is 0 Å². The van der Waals surface area contributed by atoms with E-state index in [-0.39, 0.29) is 0 Å². The van der Waals surface area contributed by atoms with E-state index in [1.54, 1.807) is 20.2 Å². The lowest BCUT2D eigenvalue weighted by Gasteiger charge is -2.18. The van der Waals surface area contributed by atoms with E-state index in [4.69, 9.17) is 4.74 Å². The number of hydrogen-bond donors (Lipinski definition) is 1.